The molecule has 0 aliphatic carbocycles. The number of pyridine rings is 1. The summed E-state index contributed by atoms with van der Waals surface area (Å²) in [5, 5.41) is 9.86. The van der Waals surface area contributed by atoms with Crippen molar-refractivity contribution in [1.82, 2.24) is 4.98 Å². The van der Waals surface area contributed by atoms with Gasteiger partial charge in [0.25, 0.3) is 0 Å². The molecule has 0 N–H and O–H groups in total. The van der Waals surface area contributed by atoms with Crippen LogP contribution in [0.3, 0.4) is 0 Å². The second-order valence-electron chi connectivity index (χ2n) is 4.63. The van der Waals surface area contributed by atoms with Crippen molar-refractivity contribution >= 4 is 17.5 Å². The SMILES string of the molecule is CCc1cc(C#N)c(SCC(=O)c2ccccc2)nc1C. The van der Waals surface area contributed by atoms with Gasteiger partial charge in [0.1, 0.15) is 11.1 Å². The average molecular weight is 296 g/mol. The lowest BCUT2D eigenvalue weighted by molar-refractivity contribution is 0.102. The maximum Gasteiger partial charge on any atom is 0.173 e. The van der Waals surface area contributed by atoms with E-state index in [4.69, 9.17) is 0 Å². The number of benzene rings is 1. The van der Waals surface area contributed by atoms with Crippen molar-refractivity contribution in [2.45, 2.75) is 25.3 Å². The van der Waals surface area contributed by atoms with Crippen molar-refractivity contribution in [2.75, 3.05) is 5.75 Å². The molecular weight excluding hydrogens is 280 g/mol. The summed E-state index contributed by atoms with van der Waals surface area (Å²) < 4.78 is 0. The van der Waals surface area contributed by atoms with E-state index >= 15 is 0 Å². The number of aromatic nitrogens is 1. The molecule has 0 saturated carbocycles. The number of Topliss-reactive ketones (excluding diaryl/α,β-unsaturated/α-hetero) is 1. The summed E-state index contributed by atoms with van der Waals surface area (Å²) >= 11 is 1.32. The second-order valence-corrected chi connectivity index (χ2v) is 5.59. The lowest BCUT2D eigenvalue weighted by Crippen LogP contribution is -2.04. The highest BCUT2D eigenvalue weighted by atomic mass is 32.2. The van der Waals surface area contributed by atoms with Crippen LogP contribution in [0, 0.1) is 18.3 Å². The lowest BCUT2D eigenvalue weighted by atomic mass is 10.1. The lowest BCUT2D eigenvalue weighted by Gasteiger charge is -2.08. The number of nitrogens with zero attached hydrogens (tertiary/aromatic N) is 2. The molecule has 1 aromatic carbocycles. The van der Waals surface area contributed by atoms with Crippen LogP contribution >= 0.6 is 11.8 Å². The summed E-state index contributed by atoms with van der Waals surface area (Å²) in [4.78, 5) is 16.6. The molecule has 0 radical (unpaired) electrons. The number of carbonyl (C=O) groups excluding carboxylic acids is 1. The van der Waals surface area contributed by atoms with Crippen LogP contribution in [0.4, 0.5) is 0 Å². The molecule has 0 aliphatic rings. The molecule has 106 valence electrons. The molecule has 0 saturated heterocycles. The van der Waals surface area contributed by atoms with Crippen LogP contribution in [0.25, 0.3) is 0 Å². The zero-order valence-electron chi connectivity index (χ0n) is 12.1. The summed E-state index contributed by atoms with van der Waals surface area (Å²) in [6, 6.07) is 13.2. The monoisotopic (exact) mass is 296 g/mol. The number of rotatable bonds is 5. The minimum absolute atomic E-state index is 0.0449. The first kappa shape index (κ1) is 15.3. The van der Waals surface area contributed by atoms with Gasteiger partial charge in [-0.25, -0.2) is 4.98 Å². The maximum atomic E-state index is 12.1. The average Bonchev–Trinajstić information content (AvgIpc) is 2.53. The van der Waals surface area contributed by atoms with Crippen molar-refractivity contribution in [3.63, 3.8) is 0 Å². The fourth-order valence-corrected chi connectivity index (χ4v) is 2.91. The minimum Gasteiger partial charge on any atom is -0.293 e. The fraction of sp³-hybridized carbons (Fsp3) is 0.235. The van der Waals surface area contributed by atoms with E-state index in [1.54, 1.807) is 12.1 Å². The number of aryl methyl sites for hydroxylation is 2. The number of thioether (sulfide) groups is 1. The van der Waals surface area contributed by atoms with E-state index in [2.05, 4.69) is 11.1 Å². The topological polar surface area (TPSA) is 53.8 Å². The highest BCUT2D eigenvalue weighted by Gasteiger charge is 2.12. The molecule has 4 heteroatoms. The Morgan fingerprint density at radius 3 is 2.67 bits per heavy atom. The van der Waals surface area contributed by atoms with Crippen LogP contribution in [0.15, 0.2) is 41.4 Å². The molecule has 3 nitrogen and oxygen atoms in total. The molecule has 0 fully saturated rings. The molecule has 21 heavy (non-hydrogen) atoms. The summed E-state index contributed by atoms with van der Waals surface area (Å²) in [7, 11) is 0. The van der Waals surface area contributed by atoms with E-state index in [-0.39, 0.29) is 11.5 Å². The van der Waals surface area contributed by atoms with Crippen molar-refractivity contribution in [2.24, 2.45) is 0 Å². The Morgan fingerprint density at radius 1 is 1.33 bits per heavy atom. The normalized spacial score (nSPS) is 10.1. The van der Waals surface area contributed by atoms with E-state index in [1.165, 1.54) is 11.8 Å². The van der Waals surface area contributed by atoms with Gasteiger partial charge in [-0.1, -0.05) is 49.0 Å². The number of hydrogen-bond acceptors (Lipinski definition) is 4. The Bertz CT molecular complexity index is 690. The predicted molar refractivity (Wildman–Crippen MR) is 84.6 cm³/mol. The fourth-order valence-electron chi connectivity index (χ4n) is 2.01. The smallest absolute Gasteiger partial charge is 0.173 e. The van der Waals surface area contributed by atoms with E-state index in [0.29, 0.717) is 16.2 Å². The van der Waals surface area contributed by atoms with Gasteiger partial charge in [0.15, 0.2) is 5.78 Å². The molecule has 2 rings (SSSR count). The summed E-state index contributed by atoms with van der Waals surface area (Å²) in [5.74, 6) is 0.333. The third-order valence-corrected chi connectivity index (χ3v) is 4.21. The van der Waals surface area contributed by atoms with Crippen LogP contribution < -0.4 is 0 Å². The highest BCUT2D eigenvalue weighted by Crippen LogP contribution is 2.23. The minimum atomic E-state index is 0.0449. The van der Waals surface area contributed by atoms with Gasteiger partial charge in [-0.3, -0.25) is 4.79 Å². The molecule has 0 aliphatic heterocycles. The standard InChI is InChI=1S/C17H16N2OS/c1-3-13-9-15(10-18)17(19-12(13)2)21-11-16(20)14-7-5-4-6-8-14/h4-9H,3,11H2,1-2H3. The van der Waals surface area contributed by atoms with Crippen molar-refractivity contribution in [3.05, 3.63) is 58.8 Å². The first-order valence-corrected chi connectivity index (χ1v) is 7.76. The molecule has 0 amide bonds. The first-order valence-electron chi connectivity index (χ1n) is 6.77. The van der Waals surface area contributed by atoms with E-state index in [1.807, 2.05) is 38.1 Å². The van der Waals surface area contributed by atoms with Crippen LogP contribution in [-0.2, 0) is 6.42 Å². The zero-order chi connectivity index (χ0) is 15.2. The first-order chi connectivity index (χ1) is 10.2. The maximum absolute atomic E-state index is 12.1. The molecule has 0 spiro atoms. The Hall–Kier alpha value is -2.12. The van der Waals surface area contributed by atoms with Gasteiger partial charge in [-0.05, 0) is 25.0 Å². The zero-order valence-corrected chi connectivity index (χ0v) is 12.9. The van der Waals surface area contributed by atoms with Crippen LogP contribution in [0.5, 0.6) is 0 Å². The third kappa shape index (κ3) is 3.71. The number of carbonyl (C=O) groups is 1. The van der Waals surface area contributed by atoms with Crippen molar-refractivity contribution in [3.8, 4) is 6.07 Å². The van der Waals surface area contributed by atoms with Crippen molar-refractivity contribution in [1.29, 1.82) is 5.26 Å². The summed E-state index contributed by atoms with van der Waals surface area (Å²) in [6.45, 7) is 3.97. The Labute approximate surface area is 129 Å². The van der Waals surface area contributed by atoms with Gasteiger partial charge >= 0.3 is 0 Å². The second kappa shape index (κ2) is 7.05. The largest absolute Gasteiger partial charge is 0.293 e. The number of ketones is 1. The van der Waals surface area contributed by atoms with Gasteiger partial charge < -0.3 is 0 Å². The van der Waals surface area contributed by atoms with E-state index in [0.717, 1.165) is 17.7 Å². The number of nitriles is 1. The highest BCUT2D eigenvalue weighted by molar-refractivity contribution is 8.00. The molecule has 0 bridgehead atoms. The predicted octanol–water partition coefficient (Wildman–Crippen LogP) is 3.80. The van der Waals surface area contributed by atoms with Crippen LogP contribution in [0.1, 0.15) is 34.1 Å². The van der Waals surface area contributed by atoms with E-state index < -0.39 is 0 Å². The Balaban J connectivity index is 2.15. The Kier molecular flexibility index (Phi) is 5.13. The van der Waals surface area contributed by atoms with Gasteiger partial charge in [-0.15, -0.1) is 0 Å². The van der Waals surface area contributed by atoms with E-state index in [9.17, 15) is 10.1 Å². The van der Waals surface area contributed by atoms with Gasteiger partial charge in [0.05, 0.1) is 11.3 Å². The molecule has 0 atom stereocenters. The summed E-state index contributed by atoms with van der Waals surface area (Å²) in [5.41, 5.74) is 3.23. The van der Waals surface area contributed by atoms with Crippen LogP contribution in [-0.4, -0.2) is 16.5 Å². The number of hydrogen-bond donors (Lipinski definition) is 0. The third-order valence-electron chi connectivity index (χ3n) is 3.22. The molecular formula is C17H16N2OS. The molecule has 1 aromatic heterocycles. The van der Waals surface area contributed by atoms with Gasteiger partial charge in [-0.2, -0.15) is 5.26 Å². The Morgan fingerprint density at radius 2 is 2.05 bits per heavy atom. The molecule has 2 aromatic rings. The quantitative estimate of drug-likeness (QED) is 0.622. The molecule has 1 heterocycles. The van der Waals surface area contributed by atoms with Crippen LogP contribution in [0.2, 0.25) is 0 Å². The van der Waals surface area contributed by atoms with Gasteiger partial charge in [0, 0.05) is 11.3 Å². The van der Waals surface area contributed by atoms with Crippen molar-refractivity contribution < 1.29 is 4.79 Å². The summed E-state index contributed by atoms with van der Waals surface area (Å²) in [6.07, 6.45) is 0.849. The van der Waals surface area contributed by atoms with Gasteiger partial charge in [0.2, 0.25) is 0 Å². The molecule has 0 unspecified atom stereocenters.